The molecule has 0 spiro atoms. The molecule has 2 saturated heterocycles. The molecule has 11 nitrogen and oxygen atoms in total. The summed E-state index contributed by atoms with van der Waals surface area (Å²) in [4.78, 5) is 12.1. The molecule has 33 heavy (non-hydrogen) atoms. The highest BCUT2D eigenvalue weighted by molar-refractivity contribution is 14.0. The molecule has 0 aliphatic carbocycles. The Morgan fingerprint density at radius 3 is 2.55 bits per heavy atom. The standard InChI is InChI=1S/C21H35N9O2.HI/c1-18-24-25-20(27(18)2)16-23-21(22-5-3-6-28-11-14-31-15-12-28)30-9-7-29(8-10-30)17-19-4-13-32-26-19;/h4,13H,3,5-12,14-17H2,1-2H3,(H,22,23);1H. The van der Waals surface area contributed by atoms with Crippen LogP contribution in [0.3, 0.4) is 0 Å². The lowest BCUT2D eigenvalue weighted by atomic mass is 10.3. The minimum atomic E-state index is 0. The summed E-state index contributed by atoms with van der Waals surface area (Å²) < 4.78 is 12.4. The Kier molecular flexibility index (Phi) is 10.3. The normalized spacial score (nSPS) is 18.4. The number of aryl methyl sites for hydroxylation is 1. The lowest BCUT2D eigenvalue weighted by molar-refractivity contribution is 0.0375. The van der Waals surface area contributed by atoms with E-state index in [1.165, 1.54) is 0 Å². The molecule has 0 saturated carbocycles. The molecule has 4 rings (SSSR count). The van der Waals surface area contributed by atoms with Crippen LogP contribution >= 0.6 is 24.0 Å². The van der Waals surface area contributed by atoms with Gasteiger partial charge in [-0.05, 0) is 19.9 Å². The number of halogens is 1. The number of hydrogen-bond donors (Lipinski definition) is 1. The SMILES string of the molecule is Cc1nnc(CN=C(NCCCN2CCOCC2)N2CCN(Cc3ccon3)CC2)n1C.I. The second-order valence-corrected chi connectivity index (χ2v) is 8.35. The van der Waals surface area contributed by atoms with Crippen molar-refractivity contribution in [3.05, 3.63) is 29.7 Å². The van der Waals surface area contributed by atoms with Crippen LogP contribution in [-0.4, -0.2) is 106 Å². The first kappa shape index (κ1) is 25.8. The van der Waals surface area contributed by atoms with E-state index in [0.717, 1.165) is 102 Å². The maximum absolute atomic E-state index is 5.44. The molecule has 0 aromatic carbocycles. The molecule has 1 N–H and O–H groups in total. The van der Waals surface area contributed by atoms with Gasteiger partial charge in [0.1, 0.15) is 18.6 Å². The number of nitrogens with one attached hydrogen (secondary N) is 1. The van der Waals surface area contributed by atoms with Gasteiger partial charge in [0.05, 0.1) is 18.9 Å². The van der Waals surface area contributed by atoms with Gasteiger partial charge in [-0.3, -0.25) is 9.80 Å². The largest absolute Gasteiger partial charge is 0.379 e. The smallest absolute Gasteiger partial charge is 0.194 e. The first-order valence-electron chi connectivity index (χ1n) is 11.5. The number of piperazine rings is 1. The van der Waals surface area contributed by atoms with Gasteiger partial charge in [0.2, 0.25) is 0 Å². The molecule has 0 amide bonds. The van der Waals surface area contributed by atoms with Crippen molar-refractivity contribution in [2.45, 2.75) is 26.4 Å². The fourth-order valence-corrected chi connectivity index (χ4v) is 4.00. The number of rotatable bonds is 8. The molecule has 0 atom stereocenters. The third kappa shape index (κ3) is 7.62. The summed E-state index contributed by atoms with van der Waals surface area (Å²) >= 11 is 0. The minimum Gasteiger partial charge on any atom is -0.379 e. The van der Waals surface area contributed by atoms with Crippen molar-refractivity contribution in [1.29, 1.82) is 0 Å². The van der Waals surface area contributed by atoms with E-state index in [-0.39, 0.29) is 24.0 Å². The Morgan fingerprint density at radius 1 is 1.09 bits per heavy atom. The Labute approximate surface area is 212 Å². The van der Waals surface area contributed by atoms with Crippen LogP contribution in [0, 0.1) is 6.92 Å². The molecule has 0 radical (unpaired) electrons. The number of ether oxygens (including phenoxy) is 1. The number of aliphatic imine (C=N–C) groups is 1. The molecule has 2 aliphatic rings. The fraction of sp³-hybridized carbons (Fsp3) is 0.714. The van der Waals surface area contributed by atoms with E-state index in [1.807, 2.05) is 24.6 Å². The second kappa shape index (κ2) is 13.2. The van der Waals surface area contributed by atoms with Gasteiger partial charge in [0.25, 0.3) is 0 Å². The topological polar surface area (TPSA) is 100 Å². The third-order valence-electron chi connectivity index (χ3n) is 6.14. The molecular weight excluding hydrogens is 537 g/mol. The van der Waals surface area contributed by atoms with Gasteiger partial charge in [-0.15, -0.1) is 34.2 Å². The minimum absolute atomic E-state index is 0. The lowest BCUT2D eigenvalue weighted by Crippen LogP contribution is -2.52. The molecule has 2 aliphatic heterocycles. The van der Waals surface area contributed by atoms with E-state index in [4.69, 9.17) is 14.3 Å². The van der Waals surface area contributed by atoms with Gasteiger partial charge in [0, 0.05) is 65.5 Å². The van der Waals surface area contributed by atoms with Crippen molar-refractivity contribution < 1.29 is 9.26 Å². The van der Waals surface area contributed by atoms with E-state index in [9.17, 15) is 0 Å². The van der Waals surface area contributed by atoms with Crippen LogP contribution in [0.2, 0.25) is 0 Å². The maximum atomic E-state index is 5.44. The molecule has 0 bridgehead atoms. The fourth-order valence-electron chi connectivity index (χ4n) is 4.00. The second-order valence-electron chi connectivity index (χ2n) is 8.35. The van der Waals surface area contributed by atoms with Crippen molar-refractivity contribution in [1.82, 2.24) is 39.9 Å². The van der Waals surface area contributed by atoms with Crippen LogP contribution in [-0.2, 0) is 24.9 Å². The number of aromatic nitrogens is 4. The quantitative estimate of drug-likeness (QED) is 0.212. The molecule has 4 heterocycles. The average molecular weight is 573 g/mol. The van der Waals surface area contributed by atoms with Gasteiger partial charge in [-0.25, -0.2) is 4.99 Å². The van der Waals surface area contributed by atoms with Gasteiger partial charge in [-0.1, -0.05) is 5.16 Å². The number of nitrogens with zero attached hydrogens (tertiary/aromatic N) is 8. The molecule has 2 aromatic heterocycles. The predicted molar refractivity (Wildman–Crippen MR) is 136 cm³/mol. The number of guanidine groups is 1. The van der Waals surface area contributed by atoms with Crippen LogP contribution in [0.25, 0.3) is 0 Å². The Balaban J connectivity index is 0.00000306. The van der Waals surface area contributed by atoms with Crippen molar-refractivity contribution in [3.63, 3.8) is 0 Å². The van der Waals surface area contributed by atoms with Crippen LogP contribution < -0.4 is 5.32 Å². The van der Waals surface area contributed by atoms with Crippen molar-refractivity contribution in [2.75, 3.05) is 65.6 Å². The molecule has 2 aromatic rings. The van der Waals surface area contributed by atoms with Gasteiger partial charge < -0.3 is 24.0 Å². The van der Waals surface area contributed by atoms with E-state index in [2.05, 4.69) is 35.4 Å². The van der Waals surface area contributed by atoms with E-state index in [0.29, 0.717) is 6.54 Å². The summed E-state index contributed by atoms with van der Waals surface area (Å²) in [7, 11) is 1.98. The first-order valence-corrected chi connectivity index (χ1v) is 11.5. The lowest BCUT2D eigenvalue weighted by Gasteiger charge is -2.36. The highest BCUT2D eigenvalue weighted by Crippen LogP contribution is 2.08. The predicted octanol–water partition coefficient (Wildman–Crippen LogP) is 0.715. The van der Waals surface area contributed by atoms with Crippen LogP contribution in [0.4, 0.5) is 0 Å². The molecule has 2 fully saturated rings. The number of morpholine rings is 1. The summed E-state index contributed by atoms with van der Waals surface area (Å²) in [6.07, 6.45) is 2.71. The van der Waals surface area contributed by atoms with Crippen LogP contribution in [0.5, 0.6) is 0 Å². The van der Waals surface area contributed by atoms with Crippen molar-refractivity contribution in [3.8, 4) is 0 Å². The first-order chi connectivity index (χ1) is 15.7. The van der Waals surface area contributed by atoms with Gasteiger partial charge >= 0.3 is 0 Å². The molecule has 12 heteroatoms. The Bertz CT molecular complexity index is 844. The van der Waals surface area contributed by atoms with Gasteiger partial charge in [0.15, 0.2) is 11.8 Å². The Morgan fingerprint density at radius 2 is 1.88 bits per heavy atom. The van der Waals surface area contributed by atoms with E-state index in [1.54, 1.807) is 6.26 Å². The molecule has 184 valence electrons. The summed E-state index contributed by atoms with van der Waals surface area (Å²) in [5.74, 6) is 2.73. The van der Waals surface area contributed by atoms with Crippen molar-refractivity contribution >= 4 is 29.9 Å². The Hall–Kier alpha value is -1.77. The zero-order chi connectivity index (χ0) is 22.2. The third-order valence-corrected chi connectivity index (χ3v) is 6.14. The summed E-state index contributed by atoms with van der Waals surface area (Å²) in [5, 5.41) is 16.0. The highest BCUT2D eigenvalue weighted by atomic mass is 127. The van der Waals surface area contributed by atoms with Gasteiger partial charge in [-0.2, -0.15) is 0 Å². The molecular formula is C21H36IN9O2. The van der Waals surface area contributed by atoms with E-state index >= 15 is 0 Å². The summed E-state index contributed by atoms with van der Waals surface area (Å²) in [6.45, 7) is 12.8. The van der Waals surface area contributed by atoms with E-state index < -0.39 is 0 Å². The number of hydrogen-bond acceptors (Lipinski definition) is 8. The summed E-state index contributed by atoms with van der Waals surface area (Å²) in [5.41, 5.74) is 0.978. The van der Waals surface area contributed by atoms with Crippen LogP contribution in [0.1, 0.15) is 23.8 Å². The summed E-state index contributed by atoms with van der Waals surface area (Å²) in [6, 6.07) is 1.93. The zero-order valence-electron chi connectivity index (χ0n) is 19.6. The average Bonchev–Trinajstić information content (AvgIpc) is 3.45. The highest BCUT2D eigenvalue weighted by Gasteiger charge is 2.21. The van der Waals surface area contributed by atoms with Crippen molar-refractivity contribution in [2.24, 2.45) is 12.0 Å². The monoisotopic (exact) mass is 573 g/mol. The molecule has 0 unspecified atom stereocenters. The zero-order valence-corrected chi connectivity index (χ0v) is 22.0. The van der Waals surface area contributed by atoms with Crippen LogP contribution in [0.15, 0.2) is 21.8 Å². The maximum Gasteiger partial charge on any atom is 0.194 e.